The van der Waals surface area contributed by atoms with Crippen molar-refractivity contribution in [2.45, 2.75) is 0 Å². The predicted molar refractivity (Wildman–Crippen MR) is 25.8 cm³/mol. The van der Waals surface area contributed by atoms with Gasteiger partial charge in [-0.1, -0.05) is 0 Å². The molecule has 4 N–H and O–H groups in total. The number of hydrogen-bond acceptors (Lipinski definition) is 2. The van der Waals surface area contributed by atoms with Crippen molar-refractivity contribution in [3.63, 3.8) is 0 Å². The van der Waals surface area contributed by atoms with Gasteiger partial charge in [0.1, 0.15) is 0 Å². The second kappa shape index (κ2) is 8.12. The van der Waals surface area contributed by atoms with Crippen LogP contribution in [-0.2, 0) is 27.5 Å². The smallest absolute Gasteiger partial charge is 1.00 e. The van der Waals surface area contributed by atoms with Gasteiger partial charge in [-0.15, -0.1) is 0 Å². The molecule has 1 radical (unpaired) electrons. The molecule has 0 aromatic heterocycles. The van der Waals surface area contributed by atoms with E-state index in [2.05, 4.69) is 0 Å². The van der Waals surface area contributed by atoms with Crippen molar-refractivity contribution in [3.05, 3.63) is 0 Å². The summed E-state index contributed by atoms with van der Waals surface area (Å²) in [4.78, 5) is 0. The van der Waals surface area contributed by atoms with Crippen molar-refractivity contribution in [2.75, 3.05) is 0 Å². The van der Waals surface area contributed by atoms with E-state index in [-0.39, 0.29) is 48.5 Å². The van der Waals surface area contributed by atoms with Crippen LogP contribution in [0.25, 0.3) is 0 Å². The minimum Gasteiger partial charge on any atom is -1.00 e. The van der Waals surface area contributed by atoms with Crippen LogP contribution in [-0.4, -0.2) is 46.1 Å². The molecule has 0 aromatic rings. The van der Waals surface area contributed by atoms with E-state index in [0.29, 0.717) is 0 Å². The molecule has 0 aliphatic heterocycles. The second-order valence-corrected chi connectivity index (χ2v) is 1.34. The molecule has 0 saturated heterocycles. The third-order valence-electron chi connectivity index (χ3n) is 0. The van der Waals surface area contributed by atoms with Crippen LogP contribution in [0, 0.1) is 0 Å². The fraction of sp³-hybridized carbons (Fsp3) is 0. The Balaban J connectivity index is -0.00000000800. The molecule has 0 aliphatic rings. The molecular weight excluding hydrogens is 191 g/mol. The summed E-state index contributed by atoms with van der Waals surface area (Å²) in [5, 5.41) is 0. The molecule has 0 fully saturated rings. The van der Waals surface area contributed by atoms with Gasteiger partial charge in [-0.25, -0.2) is 0 Å². The summed E-state index contributed by atoms with van der Waals surface area (Å²) >= 11 is 0. The molecule has 0 unspecified atom stereocenters. The Labute approximate surface area is 76.3 Å². The standard InChI is InChI=1S/Mg.Mn.H2O4S.H2O.2H/c;;1-5(2,3)4;;;/h;;(H2,1,2,3,4);1H2;;/q+2;;;;2*-1. The molecule has 0 amide bonds. The summed E-state index contributed by atoms with van der Waals surface area (Å²) < 4.78 is 31.6. The fourth-order valence-corrected chi connectivity index (χ4v) is 0. The van der Waals surface area contributed by atoms with Gasteiger partial charge in [-0.3, -0.25) is 9.11 Å². The van der Waals surface area contributed by atoms with E-state index >= 15 is 0 Å². The van der Waals surface area contributed by atoms with Crippen LogP contribution < -0.4 is 0 Å². The maximum atomic E-state index is 8.74. The Morgan fingerprint density at radius 1 is 1.25 bits per heavy atom. The van der Waals surface area contributed by atoms with Crippen molar-refractivity contribution in [2.24, 2.45) is 0 Å². The minimum atomic E-state index is -4.67. The molecule has 0 heterocycles. The quantitative estimate of drug-likeness (QED) is 0.359. The molecule has 0 rings (SSSR count). The van der Waals surface area contributed by atoms with Gasteiger partial charge in [0.05, 0.1) is 0 Å². The van der Waals surface area contributed by atoms with Crippen LogP contribution in [0.2, 0.25) is 0 Å². The van der Waals surface area contributed by atoms with E-state index in [4.69, 9.17) is 17.5 Å². The van der Waals surface area contributed by atoms with Gasteiger partial charge in [0.15, 0.2) is 0 Å². The molecule has 0 saturated carbocycles. The third kappa shape index (κ3) is 214. The van der Waals surface area contributed by atoms with Gasteiger partial charge < -0.3 is 8.33 Å². The fourth-order valence-electron chi connectivity index (χ4n) is 0. The normalized spacial score (nSPS) is 7.25. The summed E-state index contributed by atoms with van der Waals surface area (Å²) in [5.74, 6) is 0. The number of hydrogen-bond donors (Lipinski definition) is 2. The summed E-state index contributed by atoms with van der Waals surface area (Å²) in [6.07, 6.45) is 0. The van der Waals surface area contributed by atoms with E-state index < -0.39 is 10.4 Å². The van der Waals surface area contributed by atoms with Crippen LogP contribution in [0.5, 0.6) is 0 Å². The van der Waals surface area contributed by atoms with Gasteiger partial charge in [0, 0.05) is 17.1 Å². The Morgan fingerprint density at radius 2 is 1.25 bits per heavy atom. The Morgan fingerprint density at radius 3 is 1.25 bits per heavy atom. The van der Waals surface area contributed by atoms with Gasteiger partial charge in [-0.2, -0.15) is 8.42 Å². The Hall–Kier alpha value is 1.12. The first-order chi connectivity index (χ1) is 2.00. The van der Waals surface area contributed by atoms with Crippen molar-refractivity contribution in [1.29, 1.82) is 0 Å². The molecule has 0 spiro atoms. The second-order valence-electron chi connectivity index (χ2n) is 0.448. The first-order valence-corrected chi connectivity index (χ1v) is 2.10. The molecule has 0 bridgehead atoms. The first-order valence-electron chi connectivity index (χ1n) is 0.698. The molecular formula is H6MgMnO5S. The van der Waals surface area contributed by atoms with E-state index in [0.717, 1.165) is 0 Å². The van der Waals surface area contributed by atoms with Gasteiger partial charge in [-0.05, 0) is 0 Å². The maximum Gasteiger partial charge on any atom is 2.00 e. The van der Waals surface area contributed by atoms with Crippen LogP contribution in [0.4, 0.5) is 0 Å². The van der Waals surface area contributed by atoms with Crippen molar-refractivity contribution < 1.29 is 42.9 Å². The average Bonchev–Trinajstić information content (AvgIpc) is 0.722. The van der Waals surface area contributed by atoms with Crippen LogP contribution >= 0.6 is 0 Å². The Bertz CT molecular complexity index is 103. The zero-order chi connectivity index (χ0) is 4.50. The maximum absolute atomic E-state index is 8.74. The largest absolute Gasteiger partial charge is 2.00 e. The van der Waals surface area contributed by atoms with Crippen molar-refractivity contribution in [3.8, 4) is 0 Å². The summed E-state index contributed by atoms with van der Waals surface area (Å²) in [7, 11) is -4.67. The third-order valence-corrected chi connectivity index (χ3v) is 0. The SMILES string of the molecule is O.O=S(=O)(O)O.[H-].[H-].[Mg+2].[Mn]. The van der Waals surface area contributed by atoms with Gasteiger partial charge in [0.25, 0.3) is 0 Å². The molecule has 8 heteroatoms. The van der Waals surface area contributed by atoms with Crippen LogP contribution in [0.1, 0.15) is 2.85 Å². The molecule has 8 heavy (non-hydrogen) atoms. The molecule has 0 atom stereocenters. The first kappa shape index (κ1) is 22.9. The van der Waals surface area contributed by atoms with Gasteiger partial charge >= 0.3 is 33.5 Å². The summed E-state index contributed by atoms with van der Waals surface area (Å²) in [6, 6.07) is 0. The van der Waals surface area contributed by atoms with Gasteiger partial charge in [0.2, 0.25) is 0 Å². The number of rotatable bonds is 0. The molecule has 0 aliphatic carbocycles. The van der Waals surface area contributed by atoms with E-state index in [9.17, 15) is 0 Å². The average molecular weight is 197 g/mol. The topological polar surface area (TPSA) is 106 Å². The summed E-state index contributed by atoms with van der Waals surface area (Å²) in [6.45, 7) is 0. The molecule has 51 valence electrons. The van der Waals surface area contributed by atoms with E-state index in [1.807, 2.05) is 0 Å². The molecule has 5 nitrogen and oxygen atoms in total. The van der Waals surface area contributed by atoms with E-state index in [1.165, 1.54) is 0 Å². The predicted octanol–water partition coefficient (Wildman–Crippen LogP) is -1.64. The zero-order valence-corrected chi connectivity index (χ0v) is 7.12. The monoisotopic (exact) mass is 197 g/mol. The van der Waals surface area contributed by atoms with E-state index in [1.54, 1.807) is 0 Å². The van der Waals surface area contributed by atoms with Crippen LogP contribution in [0.15, 0.2) is 0 Å². The zero-order valence-electron chi connectivity index (χ0n) is 5.70. The van der Waals surface area contributed by atoms with Crippen LogP contribution in [0.3, 0.4) is 0 Å². The minimum absolute atomic E-state index is 0. The Kier molecular flexibility index (Phi) is 23.3. The van der Waals surface area contributed by atoms with Crippen molar-refractivity contribution >= 4 is 33.5 Å². The molecule has 0 aromatic carbocycles. The van der Waals surface area contributed by atoms with Crippen molar-refractivity contribution in [1.82, 2.24) is 0 Å². The summed E-state index contributed by atoms with van der Waals surface area (Å²) in [5.41, 5.74) is 0.